The molecule has 0 rings (SSSR count). The van der Waals surface area contributed by atoms with E-state index in [0.29, 0.717) is 5.75 Å². The molecule has 0 aliphatic heterocycles. The first-order chi connectivity index (χ1) is 4.77. The molecule has 0 aromatic heterocycles. The molecule has 4 heteroatoms. The van der Waals surface area contributed by atoms with Gasteiger partial charge in [0.2, 0.25) is 0 Å². The Hall–Kier alpha value is 0.590. The molecule has 0 heterocycles. The van der Waals surface area contributed by atoms with Gasteiger partial charge in [-0.1, -0.05) is 28.8 Å². The first-order valence-electron chi connectivity index (χ1n) is 3.41. The Kier molecular flexibility index (Phi) is 8.15. The first kappa shape index (κ1) is 10.6. The molecule has 62 valence electrons. The number of rotatable bonds is 6. The van der Waals surface area contributed by atoms with Gasteiger partial charge < -0.3 is 4.55 Å². The van der Waals surface area contributed by atoms with Crippen molar-refractivity contribution < 1.29 is 8.76 Å². The van der Waals surface area contributed by atoms with Crippen molar-refractivity contribution in [3.63, 3.8) is 0 Å². The second-order valence-corrected chi connectivity index (χ2v) is 3.97. The standard InChI is InChI=1S/C6H13BrO2S/c7-5-3-1-2-4-6-10(8)9/h1-6H2,(H,8,9). The van der Waals surface area contributed by atoms with Crippen LogP contribution >= 0.6 is 15.9 Å². The summed E-state index contributed by atoms with van der Waals surface area (Å²) in [5, 5.41) is 1.04. The Labute approximate surface area is 72.8 Å². The molecule has 0 aromatic rings. The summed E-state index contributed by atoms with van der Waals surface area (Å²) in [6.07, 6.45) is 4.26. The van der Waals surface area contributed by atoms with E-state index in [-0.39, 0.29) is 0 Å². The second-order valence-electron chi connectivity index (χ2n) is 2.13. The number of hydrogen-bond acceptors (Lipinski definition) is 1. The summed E-state index contributed by atoms with van der Waals surface area (Å²) in [6, 6.07) is 0. The molecule has 0 amide bonds. The van der Waals surface area contributed by atoms with E-state index in [4.69, 9.17) is 4.55 Å². The van der Waals surface area contributed by atoms with Crippen LogP contribution in [-0.4, -0.2) is 19.8 Å². The second kappa shape index (κ2) is 7.69. The topological polar surface area (TPSA) is 37.3 Å². The van der Waals surface area contributed by atoms with Gasteiger partial charge in [0.1, 0.15) is 0 Å². The Balaban J connectivity index is 2.84. The molecule has 0 aliphatic rings. The van der Waals surface area contributed by atoms with Gasteiger partial charge >= 0.3 is 0 Å². The van der Waals surface area contributed by atoms with Gasteiger partial charge in [0.25, 0.3) is 0 Å². The minimum absolute atomic E-state index is 0.433. The molecular weight excluding hydrogens is 216 g/mol. The van der Waals surface area contributed by atoms with E-state index in [1.54, 1.807) is 0 Å². The maximum Gasteiger partial charge on any atom is 0.152 e. The lowest BCUT2D eigenvalue weighted by atomic mass is 10.2. The molecule has 1 unspecified atom stereocenters. The summed E-state index contributed by atoms with van der Waals surface area (Å²) >= 11 is 1.74. The van der Waals surface area contributed by atoms with Crippen LogP contribution in [0.3, 0.4) is 0 Å². The number of halogens is 1. The van der Waals surface area contributed by atoms with Crippen molar-refractivity contribution in [2.75, 3.05) is 11.1 Å². The summed E-state index contributed by atoms with van der Waals surface area (Å²) in [7, 11) is 0. The summed E-state index contributed by atoms with van der Waals surface area (Å²) in [6.45, 7) is 0. The van der Waals surface area contributed by atoms with Crippen molar-refractivity contribution in [1.29, 1.82) is 0 Å². The van der Waals surface area contributed by atoms with E-state index in [1.165, 1.54) is 0 Å². The third-order valence-corrected chi connectivity index (χ3v) is 2.40. The summed E-state index contributed by atoms with van der Waals surface area (Å²) in [5.41, 5.74) is 0. The zero-order valence-electron chi connectivity index (χ0n) is 5.88. The largest absolute Gasteiger partial charge is 0.306 e. The van der Waals surface area contributed by atoms with Gasteiger partial charge in [-0.15, -0.1) is 0 Å². The van der Waals surface area contributed by atoms with Gasteiger partial charge in [-0.2, -0.15) is 0 Å². The molecule has 0 aromatic carbocycles. The molecule has 0 saturated heterocycles. The number of unbranched alkanes of at least 4 members (excludes halogenated alkanes) is 3. The average molecular weight is 229 g/mol. The quantitative estimate of drug-likeness (QED) is 0.430. The van der Waals surface area contributed by atoms with Crippen molar-refractivity contribution in [2.45, 2.75) is 25.7 Å². The van der Waals surface area contributed by atoms with Crippen LogP contribution in [0.1, 0.15) is 25.7 Å². The van der Waals surface area contributed by atoms with Crippen molar-refractivity contribution in [2.24, 2.45) is 0 Å². The van der Waals surface area contributed by atoms with Crippen LogP contribution in [0.5, 0.6) is 0 Å². The Morgan fingerprint density at radius 3 is 2.30 bits per heavy atom. The molecule has 0 aliphatic carbocycles. The van der Waals surface area contributed by atoms with Crippen LogP contribution in [-0.2, 0) is 11.1 Å². The lowest BCUT2D eigenvalue weighted by molar-refractivity contribution is 0.558. The zero-order chi connectivity index (χ0) is 7.82. The average Bonchev–Trinajstić information content (AvgIpc) is 1.87. The smallest absolute Gasteiger partial charge is 0.152 e. The molecular formula is C6H13BrO2S. The normalized spacial score (nSPS) is 13.4. The molecule has 0 radical (unpaired) electrons. The third-order valence-electron chi connectivity index (χ3n) is 1.20. The highest BCUT2D eigenvalue weighted by molar-refractivity contribution is 9.09. The summed E-state index contributed by atoms with van der Waals surface area (Å²) in [5.74, 6) is 0.433. The van der Waals surface area contributed by atoms with Crippen LogP contribution < -0.4 is 0 Å². The van der Waals surface area contributed by atoms with Gasteiger partial charge in [-0.3, -0.25) is 0 Å². The van der Waals surface area contributed by atoms with Crippen LogP contribution in [0.25, 0.3) is 0 Å². The number of hydrogen-bond donors (Lipinski definition) is 1. The zero-order valence-corrected chi connectivity index (χ0v) is 8.29. The Bertz CT molecular complexity index is 97.7. The van der Waals surface area contributed by atoms with Gasteiger partial charge in [-0.05, 0) is 12.8 Å². The van der Waals surface area contributed by atoms with E-state index >= 15 is 0 Å². The highest BCUT2D eigenvalue weighted by Crippen LogP contribution is 2.01. The van der Waals surface area contributed by atoms with Crippen LogP contribution in [0.15, 0.2) is 0 Å². The van der Waals surface area contributed by atoms with Crippen LogP contribution in [0, 0.1) is 0 Å². The first-order valence-corrected chi connectivity index (χ1v) is 5.80. The molecule has 0 spiro atoms. The Morgan fingerprint density at radius 1 is 1.20 bits per heavy atom. The molecule has 0 fully saturated rings. The third kappa shape index (κ3) is 8.59. The number of alkyl halides is 1. The maximum absolute atomic E-state index is 10.1. The predicted octanol–water partition coefficient (Wildman–Crippen LogP) is 2.16. The molecule has 0 bridgehead atoms. The fourth-order valence-electron chi connectivity index (χ4n) is 0.674. The lowest BCUT2D eigenvalue weighted by Crippen LogP contribution is -1.94. The van der Waals surface area contributed by atoms with Gasteiger partial charge in [0.05, 0.1) is 0 Å². The minimum Gasteiger partial charge on any atom is -0.306 e. The van der Waals surface area contributed by atoms with Crippen molar-refractivity contribution in [1.82, 2.24) is 0 Å². The van der Waals surface area contributed by atoms with Crippen molar-refractivity contribution >= 4 is 27.0 Å². The van der Waals surface area contributed by atoms with Gasteiger partial charge in [-0.25, -0.2) is 4.21 Å². The highest BCUT2D eigenvalue weighted by atomic mass is 79.9. The molecule has 0 saturated carbocycles. The van der Waals surface area contributed by atoms with E-state index in [1.807, 2.05) is 0 Å². The minimum atomic E-state index is -1.58. The Morgan fingerprint density at radius 2 is 1.80 bits per heavy atom. The fraction of sp³-hybridized carbons (Fsp3) is 1.00. The lowest BCUT2D eigenvalue weighted by Gasteiger charge is -1.95. The van der Waals surface area contributed by atoms with Gasteiger partial charge in [0.15, 0.2) is 11.1 Å². The molecule has 10 heavy (non-hydrogen) atoms. The van der Waals surface area contributed by atoms with Crippen molar-refractivity contribution in [3.05, 3.63) is 0 Å². The van der Waals surface area contributed by atoms with E-state index in [9.17, 15) is 4.21 Å². The molecule has 1 atom stereocenters. The monoisotopic (exact) mass is 228 g/mol. The maximum atomic E-state index is 10.1. The summed E-state index contributed by atoms with van der Waals surface area (Å²) < 4.78 is 18.5. The summed E-state index contributed by atoms with van der Waals surface area (Å²) in [4.78, 5) is 0. The van der Waals surface area contributed by atoms with Crippen molar-refractivity contribution in [3.8, 4) is 0 Å². The van der Waals surface area contributed by atoms with Crippen LogP contribution in [0.2, 0.25) is 0 Å². The van der Waals surface area contributed by atoms with E-state index < -0.39 is 11.1 Å². The van der Waals surface area contributed by atoms with E-state index in [0.717, 1.165) is 31.0 Å². The van der Waals surface area contributed by atoms with Gasteiger partial charge in [0, 0.05) is 11.1 Å². The predicted molar refractivity (Wildman–Crippen MR) is 47.9 cm³/mol. The molecule has 2 nitrogen and oxygen atoms in total. The molecule has 1 N–H and O–H groups in total. The highest BCUT2D eigenvalue weighted by Gasteiger charge is 1.92. The van der Waals surface area contributed by atoms with E-state index in [2.05, 4.69) is 15.9 Å². The van der Waals surface area contributed by atoms with Crippen LogP contribution in [0.4, 0.5) is 0 Å². The SMILES string of the molecule is O=S(O)CCCCCCBr. The fourth-order valence-corrected chi connectivity index (χ4v) is 1.52.